The number of hydrogen-bond donors (Lipinski definition) is 1. The van der Waals surface area contributed by atoms with E-state index < -0.39 is 17.6 Å². The summed E-state index contributed by atoms with van der Waals surface area (Å²) < 4.78 is 33.1. The van der Waals surface area contributed by atoms with Crippen LogP contribution in [0.2, 0.25) is 0 Å². The minimum atomic E-state index is -1.000. The summed E-state index contributed by atoms with van der Waals surface area (Å²) in [7, 11) is 0. The number of aromatic nitrogens is 2. The smallest absolute Gasteiger partial charge is 0.341 e. The van der Waals surface area contributed by atoms with Crippen molar-refractivity contribution in [2.24, 2.45) is 0 Å². The van der Waals surface area contributed by atoms with Gasteiger partial charge in [-0.15, -0.1) is 0 Å². The van der Waals surface area contributed by atoms with Gasteiger partial charge in [0, 0.05) is 18.5 Å². The monoisotopic (exact) mass is 281 g/mol. The Morgan fingerprint density at radius 3 is 2.80 bits per heavy atom. The van der Waals surface area contributed by atoms with Crippen LogP contribution < -0.4 is 5.73 Å². The van der Waals surface area contributed by atoms with Gasteiger partial charge in [-0.25, -0.2) is 18.6 Å². The summed E-state index contributed by atoms with van der Waals surface area (Å²) >= 11 is 0. The minimum Gasteiger partial charge on any atom is -0.460 e. The number of halogens is 2. The molecule has 0 amide bonds. The van der Waals surface area contributed by atoms with E-state index in [1.165, 1.54) is 0 Å². The lowest BCUT2D eigenvalue weighted by atomic mass is 10.2. The second-order valence-electron chi connectivity index (χ2n) is 4.16. The van der Waals surface area contributed by atoms with Crippen LogP contribution in [0.3, 0.4) is 0 Å². The zero-order valence-corrected chi connectivity index (χ0v) is 10.8. The fourth-order valence-corrected chi connectivity index (χ4v) is 1.68. The molecule has 0 aliphatic heterocycles. The van der Waals surface area contributed by atoms with Gasteiger partial charge >= 0.3 is 5.97 Å². The first-order valence-electron chi connectivity index (χ1n) is 5.88. The number of carbonyl (C=O) groups excluding carboxylic acids is 1. The number of rotatable bonds is 4. The third-order valence-electron chi connectivity index (χ3n) is 2.80. The van der Waals surface area contributed by atoms with Gasteiger partial charge in [0.1, 0.15) is 24.1 Å². The zero-order chi connectivity index (χ0) is 14.7. The lowest BCUT2D eigenvalue weighted by molar-refractivity contribution is 0.0485. The number of aryl methyl sites for hydroxylation is 1. The third-order valence-corrected chi connectivity index (χ3v) is 2.80. The van der Waals surface area contributed by atoms with Gasteiger partial charge in [-0.1, -0.05) is 0 Å². The van der Waals surface area contributed by atoms with Crippen LogP contribution in [-0.2, 0) is 11.3 Å². The van der Waals surface area contributed by atoms with Crippen LogP contribution in [0, 0.1) is 18.6 Å². The maximum absolute atomic E-state index is 13.4. The molecular formula is C13H13F2N3O2. The fraction of sp³-hybridized carbons (Fsp3) is 0.231. The Bertz CT molecular complexity index is 641. The van der Waals surface area contributed by atoms with Crippen LogP contribution in [0.15, 0.2) is 24.5 Å². The number of nitrogens with two attached hydrogens (primary N) is 1. The number of anilines is 1. The molecule has 1 aromatic heterocycles. The van der Waals surface area contributed by atoms with E-state index in [2.05, 4.69) is 4.98 Å². The first kappa shape index (κ1) is 14.0. The maximum atomic E-state index is 13.4. The van der Waals surface area contributed by atoms with Crippen molar-refractivity contribution >= 4 is 11.7 Å². The van der Waals surface area contributed by atoms with Crippen molar-refractivity contribution in [3.8, 4) is 0 Å². The van der Waals surface area contributed by atoms with Gasteiger partial charge in [-0.3, -0.25) is 0 Å². The normalized spacial score (nSPS) is 10.6. The Morgan fingerprint density at radius 2 is 2.15 bits per heavy atom. The SMILES string of the molecule is Cc1nccn1CCOC(=O)c1cc(N)c(F)cc1F. The average molecular weight is 281 g/mol. The molecule has 0 fully saturated rings. The summed E-state index contributed by atoms with van der Waals surface area (Å²) in [5.74, 6) is -2.01. The molecule has 106 valence electrons. The number of carbonyl (C=O) groups is 1. The fourth-order valence-electron chi connectivity index (χ4n) is 1.68. The minimum absolute atomic E-state index is 0.0484. The highest BCUT2D eigenvalue weighted by Gasteiger charge is 2.16. The second-order valence-corrected chi connectivity index (χ2v) is 4.16. The number of nitrogens with zero attached hydrogens (tertiary/aromatic N) is 2. The standard InChI is InChI=1S/C13H13F2N3O2/c1-8-17-2-3-18(8)4-5-20-13(19)9-6-12(16)11(15)7-10(9)14/h2-3,6-7H,4-5,16H2,1H3. The Balaban J connectivity index is 1.99. The molecule has 0 atom stereocenters. The van der Waals surface area contributed by atoms with Gasteiger partial charge < -0.3 is 15.0 Å². The molecule has 2 rings (SSSR count). The molecule has 1 aromatic carbocycles. The molecule has 7 heteroatoms. The summed E-state index contributed by atoms with van der Waals surface area (Å²) in [6.07, 6.45) is 3.36. The van der Waals surface area contributed by atoms with Gasteiger partial charge in [0.2, 0.25) is 0 Å². The first-order valence-corrected chi connectivity index (χ1v) is 5.88. The Hall–Kier alpha value is -2.44. The van der Waals surface area contributed by atoms with E-state index in [1.807, 2.05) is 6.92 Å². The molecule has 0 spiro atoms. The van der Waals surface area contributed by atoms with Crippen LogP contribution in [0.5, 0.6) is 0 Å². The number of nitrogen functional groups attached to an aromatic ring is 1. The number of benzene rings is 1. The van der Waals surface area contributed by atoms with Crippen molar-refractivity contribution in [2.75, 3.05) is 12.3 Å². The number of imidazole rings is 1. The van der Waals surface area contributed by atoms with Gasteiger partial charge in [0.05, 0.1) is 17.8 Å². The van der Waals surface area contributed by atoms with Crippen molar-refractivity contribution < 1.29 is 18.3 Å². The van der Waals surface area contributed by atoms with Crippen molar-refractivity contribution in [1.82, 2.24) is 9.55 Å². The molecule has 0 bridgehead atoms. The van der Waals surface area contributed by atoms with E-state index in [9.17, 15) is 13.6 Å². The molecule has 0 saturated heterocycles. The van der Waals surface area contributed by atoms with E-state index in [0.717, 1.165) is 11.9 Å². The summed E-state index contributed by atoms with van der Waals surface area (Å²) in [4.78, 5) is 15.7. The number of hydrogen-bond acceptors (Lipinski definition) is 4. The average Bonchev–Trinajstić information content (AvgIpc) is 2.79. The summed E-state index contributed by atoms with van der Waals surface area (Å²) in [5, 5.41) is 0. The van der Waals surface area contributed by atoms with Gasteiger partial charge in [0.15, 0.2) is 0 Å². The lowest BCUT2D eigenvalue weighted by Crippen LogP contribution is -2.14. The van der Waals surface area contributed by atoms with Crippen LogP contribution >= 0.6 is 0 Å². The molecule has 2 aromatic rings. The molecule has 0 unspecified atom stereocenters. The summed E-state index contributed by atoms with van der Waals surface area (Å²) in [6.45, 7) is 2.25. The molecule has 2 N–H and O–H groups in total. The summed E-state index contributed by atoms with van der Waals surface area (Å²) in [6, 6.07) is 1.49. The predicted octanol–water partition coefficient (Wildman–Crippen LogP) is 1.91. The first-order chi connectivity index (χ1) is 9.49. The Morgan fingerprint density at radius 1 is 1.40 bits per heavy atom. The quantitative estimate of drug-likeness (QED) is 0.686. The van der Waals surface area contributed by atoms with Crippen LogP contribution in [0.1, 0.15) is 16.2 Å². The van der Waals surface area contributed by atoms with E-state index in [0.29, 0.717) is 12.6 Å². The molecule has 0 aliphatic carbocycles. The molecule has 0 radical (unpaired) electrons. The highest BCUT2D eigenvalue weighted by Crippen LogP contribution is 2.17. The van der Waals surface area contributed by atoms with E-state index in [1.54, 1.807) is 17.0 Å². The second kappa shape index (κ2) is 5.68. The molecule has 1 heterocycles. The van der Waals surface area contributed by atoms with Crippen LogP contribution in [-0.4, -0.2) is 22.1 Å². The lowest BCUT2D eigenvalue weighted by Gasteiger charge is -2.08. The molecule has 0 saturated carbocycles. The van der Waals surface area contributed by atoms with Crippen molar-refractivity contribution in [3.63, 3.8) is 0 Å². The maximum Gasteiger partial charge on any atom is 0.341 e. The number of esters is 1. The highest BCUT2D eigenvalue weighted by molar-refractivity contribution is 5.90. The Labute approximate surface area is 114 Å². The van der Waals surface area contributed by atoms with E-state index in [4.69, 9.17) is 10.5 Å². The van der Waals surface area contributed by atoms with Gasteiger partial charge in [-0.05, 0) is 13.0 Å². The molecule has 0 aliphatic rings. The zero-order valence-electron chi connectivity index (χ0n) is 10.8. The summed E-state index contributed by atoms with van der Waals surface area (Å²) in [5.41, 5.74) is 4.61. The molecule has 20 heavy (non-hydrogen) atoms. The van der Waals surface area contributed by atoms with Crippen LogP contribution in [0.25, 0.3) is 0 Å². The van der Waals surface area contributed by atoms with Crippen LogP contribution in [0.4, 0.5) is 14.5 Å². The third kappa shape index (κ3) is 2.93. The molecule has 5 nitrogen and oxygen atoms in total. The number of ether oxygens (including phenoxy) is 1. The topological polar surface area (TPSA) is 70.1 Å². The van der Waals surface area contributed by atoms with Crippen molar-refractivity contribution in [3.05, 3.63) is 47.5 Å². The highest BCUT2D eigenvalue weighted by atomic mass is 19.1. The van der Waals surface area contributed by atoms with E-state index in [-0.39, 0.29) is 17.9 Å². The molecular weight excluding hydrogens is 268 g/mol. The van der Waals surface area contributed by atoms with Crippen molar-refractivity contribution in [2.45, 2.75) is 13.5 Å². The van der Waals surface area contributed by atoms with E-state index >= 15 is 0 Å². The van der Waals surface area contributed by atoms with Gasteiger partial charge in [-0.2, -0.15) is 0 Å². The Kier molecular flexibility index (Phi) is 3.97. The van der Waals surface area contributed by atoms with Gasteiger partial charge in [0.25, 0.3) is 0 Å². The van der Waals surface area contributed by atoms with Crippen molar-refractivity contribution in [1.29, 1.82) is 0 Å². The predicted molar refractivity (Wildman–Crippen MR) is 68.0 cm³/mol. The largest absolute Gasteiger partial charge is 0.460 e.